The first kappa shape index (κ1) is 13.9. The summed E-state index contributed by atoms with van der Waals surface area (Å²) in [5, 5.41) is 26.6. The van der Waals surface area contributed by atoms with Gasteiger partial charge in [-0.15, -0.1) is 0 Å². The second-order valence-electron chi connectivity index (χ2n) is 4.97. The Morgan fingerprint density at radius 3 is 2.62 bits per heavy atom. The number of aromatic amines is 1. The lowest BCUT2D eigenvalue weighted by Gasteiger charge is -2.27. The van der Waals surface area contributed by atoms with Gasteiger partial charge in [0.25, 0.3) is 0 Å². The van der Waals surface area contributed by atoms with E-state index in [1.54, 1.807) is 12.3 Å². The molecule has 1 aliphatic rings. The van der Waals surface area contributed by atoms with Crippen molar-refractivity contribution in [1.29, 1.82) is 0 Å². The number of rotatable bonds is 2. The molecule has 2 heterocycles. The van der Waals surface area contributed by atoms with Crippen molar-refractivity contribution < 1.29 is 15.0 Å². The average Bonchev–Trinajstić information content (AvgIpc) is 2.93. The molecule has 0 radical (unpaired) electrons. The van der Waals surface area contributed by atoms with Crippen molar-refractivity contribution in [3.8, 4) is 22.8 Å². The van der Waals surface area contributed by atoms with Crippen LogP contribution >= 0.6 is 15.9 Å². The SMILES string of the molecule is O=C1CCN(c2c[nH]nc2-c2cc(Br)c(O)cc2O)CC1. The fourth-order valence-electron chi connectivity index (χ4n) is 2.46. The number of benzene rings is 1. The molecule has 3 N–H and O–H groups in total. The third-order valence-corrected chi connectivity index (χ3v) is 4.24. The number of hydrogen-bond acceptors (Lipinski definition) is 5. The molecule has 0 atom stereocenters. The van der Waals surface area contributed by atoms with Gasteiger partial charge in [-0.3, -0.25) is 9.89 Å². The zero-order chi connectivity index (χ0) is 15.0. The Hall–Kier alpha value is -2.02. The lowest BCUT2D eigenvalue weighted by Crippen LogP contribution is -2.33. The second-order valence-corrected chi connectivity index (χ2v) is 5.82. The number of phenols is 2. The van der Waals surface area contributed by atoms with Crippen molar-refractivity contribution in [3.05, 3.63) is 22.8 Å². The highest BCUT2D eigenvalue weighted by Gasteiger charge is 2.22. The molecule has 0 unspecified atom stereocenters. The number of nitrogens with zero attached hydrogens (tertiary/aromatic N) is 2. The third kappa shape index (κ3) is 2.61. The Morgan fingerprint density at radius 1 is 1.19 bits per heavy atom. The smallest absolute Gasteiger partial charge is 0.136 e. The van der Waals surface area contributed by atoms with Crippen LogP contribution in [0.5, 0.6) is 11.5 Å². The highest BCUT2D eigenvalue weighted by atomic mass is 79.9. The van der Waals surface area contributed by atoms with Crippen LogP contribution in [0.1, 0.15) is 12.8 Å². The first-order valence-corrected chi connectivity index (χ1v) is 7.38. The molecule has 0 spiro atoms. The van der Waals surface area contributed by atoms with E-state index < -0.39 is 0 Å². The average molecular weight is 352 g/mol. The molecule has 21 heavy (non-hydrogen) atoms. The number of aromatic nitrogens is 2. The predicted octanol–water partition coefficient (Wildman–Crippen LogP) is 2.42. The molecule has 110 valence electrons. The van der Waals surface area contributed by atoms with Gasteiger partial charge < -0.3 is 15.1 Å². The van der Waals surface area contributed by atoms with Crippen molar-refractivity contribution in [2.24, 2.45) is 0 Å². The van der Waals surface area contributed by atoms with Crippen LogP contribution in [0.2, 0.25) is 0 Å². The van der Waals surface area contributed by atoms with Gasteiger partial charge in [-0.05, 0) is 22.0 Å². The molecule has 2 aromatic rings. The maximum Gasteiger partial charge on any atom is 0.136 e. The van der Waals surface area contributed by atoms with Gasteiger partial charge in [-0.1, -0.05) is 0 Å². The van der Waals surface area contributed by atoms with E-state index in [2.05, 4.69) is 31.0 Å². The highest BCUT2D eigenvalue weighted by Crippen LogP contribution is 2.40. The summed E-state index contributed by atoms with van der Waals surface area (Å²) in [4.78, 5) is 13.4. The topological polar surface area (TPSA) is 89.5 Å². The maximum atomic E-state index is 11.3. The number of ketones is 1. The molecule has 0 amide bonds. The largest absolute Gasteiger partial charge is 0.507 e. The van der Waals surface area contributed by atoms with Crippen LogP contribution in [0.15, 0.2) is 22.8 Å². The summed E-state index contributed by atoms with van der Waals surface area (Å²) >= 11 is 3.24. The number of carbonyl (C=O) groups is 1. The van der Waals surface area contributed by atoms with Gasteiger partial charge in [-0.25, -0.2) is 0 Å². The number of anilines is 1. The summed E-state index contributed by atoms with van der Waals surface area (Å²) in [5.74, 6) is 0.195. The van der Waals surface area contributed by atoms with Gasteiger partial charge in [0.2, 0.25) is 0 Å². The van der Waals surface area contributed by atoms with Gasteiger partial charge >= 0.3 is 0 Å². The Labute approximate surface area is 129 Å². The first-order valence-electron chi connectivity index (χ1n) is 6.58. The van der Waals surface area contributed by atoms with E-state index in [1.807, 2.05) is 0 Å². The number of halogens is 1. The molecule has 1 aromatic heterocycles. The molecule has 6 nitrogen and oxygen atoms in total. The van der Waals surface area contributed by atoms with E-state index in [1.165, 1.54) is 6.07 Å². The van der Waals surface area contributed by atoms with Crippen LogP contribution in [-0.4, -0.2) is 39.3 Å². The monoisotopic (exact) mass is 351 g/mol. The van der Waals surface area contributed by atoms with Crippen molar-refractivity contribution >= 4 is 27.4 Å². The Balaban J connectivity index is 1.99. The zero-order valence-corrected chi connectivity index (χ0v) is 12.7. The number of piperidine rings is 1. The van der Waals surface area contributed by atoms with E-state index in [-0.39, 0.29) is 17.3 Å². The third-order valence-electron chi connectivity index (χ3n) is 3.60. The van der Waals surface area contributed by atoms with Gasteiger partial charge in [0.05, 0.1) is 10.2 Å². The number of phenolic OH excluding ortho intramolecular Hbond substituents is 2. The normalized spacial score (nSPS) is 15.5. The van der Waals surface area contributed by atoms with Gasteiger partial charge in [0.1, 0.15) is 23.0 Å². The summed E-state index contributed by atoms with van der Waals surface area (Å²) in [6.45, 7) is 1.29. The Kier molecular flexibility index (Phi) is 3.59. The zero-order valence-electron chi connectivity index (χ0n) is 11.1. The van der Waals surface area contributed by atoms with E-state index in [0.29, 0.717) is 41.7 Å². The molecular formula is C14H14BrN3O3. The van der Waals surface area contributed by atoms with Gasteiger partial charge in [0.15, 0.2) is 0 Å². The molecule has 7 heteroatoms. The molecule has 0 saturated carbocycles. The molecule has 1 aromatic carbocycles. The number of nitrogens with one attached hydrogen (secondary N) is 1. The summed E-state index contributed by atoms with van der Waals surface area (Å²) < 4.78 is 0.484. The first-order chi connectivity index (χ1) is 10.1. The maximum absolute atomic E-state index is 11.3. The van der Waals surface area contributed by atoms with E-state index >= 15 is 0 Å². The number of carbonyl (C=O) groups excluding carboxylic acids is 1. The van der Waals surface area contributed by atoms with Crippen LogP contribution in [-0.2, 0) is 4.79 Å². The number of Topliss-reactive ketones (excluding diaryl/α,β-unsaturated/α-hetero) is 1. The fraction of sp³-hybridized carbons (Fsp3) is 0.286. The lowest BCUT2D eigenvalue weighted by molar-refractivity contribution is -0.119. The van der Waals surface area contributed by atoms with Crippen LogP contribution < -0.4 is 4.90 Å². The summed E-state index contributed by atoms with van der Waals surface area (Å²) in [5.41, 5.74) is 1.96. The minimum absolute atomic E-state index is 0.0306. The predicted molar refractivity (Wildman–Crippen MR) is 81.5 cm³/mol. The summed E-state index contributed by atoms with van der Waals surface area (Å²) in [7, 11) is 0. The van der Waals surface area contributed by atoms with Gasteiger partial charge in [0, 0.05) is 43.8 Å². The number of hydrogen-bond donors (Lipinski definition) is 3. The number of aromatic hydroxyl groups is 2. The van der Waals surface area contributed by atoms with Crippen LogP contribution in [0.4, 0.5) is 5.69 Å². The van der Waals surface area contributed by atoms with Crippen LogP contribution in [0.25, 0.3) is 11.3 Å². The van der Waals surface area contributed by atoms with Crippen molar-refractivity contribution in [3.63, 3.8) is 0 Å². The Morgan fingerprint density at radius 2 is 1.90 bits per heavy atom. The van der Waals surface area contributed by atoms with Crippen LogP contribution in [0.3, 0.4) is 0 Å². The molecule has 0 bridgehead atoms. The minimum atomic E-state index is -0.0443. The quantitative estimate of drug-likeness (QED) is 0.772. The molecule has 1 fully saturated rings. The molecule has 3 rings (SSSR count). The second kappa shape index (κ2) is 5.40. The van der Waals surface area contributed by atoms with E-state index in [9.17, 15) is 15.0 Å². The standard InChI is InChI=1S/C14H14BrN3O3/c15-10-5-9(12(20)6-13(10)21)14-11(7-16-17-14)18-3-1-8(19)2-4-18/h5-7,20-21H,1-4H2,(H,16,17). The van der Waals surface area contributed by atoms with Crippen molar-refractivity contribution in [1.82, 2.24) is 10.2 Å². The molecular weight excluding hydrogens is 338 g/mol. The van der Waals surface area contributed by atoms with Crippen molar-refractivity contribution in [2.45, 2.75) is 12.8 Å². The Bertz CT molecular complexity index is 689. The summed E-state index contributed by atoms with van der Waals surface area (Å²) in [6, 6.07) is 2.90. The summed E-state index contributed by atoms with van der Waals surface area (Å²) in [6.07, 6.45) is 2.80. The van der Waals surface area contributed by atoms with Crippen molar-refractivity contribution in [2.75, 3.05) is 18.0 Å². The minimum Gasteiger partial charge on any atom is -0.507 e. The molecule has 1 saturated heterocycles. The molecule has 1 aliphatic heterocycles. The molecule has 0 aliphatic carbocycles. The fourth-order valence-corrected chi connectivity index (χ4v) is 2.80. The highest BCUT2D eigenvalue weighted by molar-refractivity contribution is 9.10. The van der Waals surface area contributed by atoms with E-state index in [4.69, 9.17) is 0 Å². The van der Waals surface area contributed by atoms with E-state index in [0.717, 1.165) is 5.69 Å². The lowest BCUT2D eigenvalue weighted by atomic mass is 10.1. The van der Waals surface area contributed by atoms with Crippen LogP contribution in [0, 0.1) is 0 Å². The van der Waals surface area contributed by atoms with Gasteiger partial charge in [-0.2, -0.15) is 5.10 Å². The number of H-pyrrole nitrogens is 1.